The second-order valence-electron chi connectivity index (χ2n) is 17.0. The van der Waals surface area contributed by atoms with Crippen molar-refractivity contribution in [2.75, 3.05) is 0 Å². The summed E-state index contributed by atoms with van der Waals surface area (Å²) >= 11 is 0. The predicted octanol–water partition coefficient (Wildman–Crippen LogP) is 16.5. The number of para-hydroxylation sites is 2. The summed E-state index contributed by atoms with van der Waals surface area (Å²) in [5.41, 5.74) is 16.9. The maximum atomic E-state index is 5.25. The highest BCUT2D eigenvalue weighted by Crippen LogP contribution is 2.38. The van der Waals surface area contributed by atoms with Gasteiger partial charge < -0.3 is 4.57 Å². The molecule has 0 N–H and O–H groups in total. The van der Waals surface area contributed by atoms with Crippen LogP contribution in [-0.2, 0) is 0 Å². The van der Waals surface area contributed by atoms with Crippen molar-refractivity contribution in [3.8, 4) is 61.5 Å². The van der Waals surface area contributed by atoms with Crippen molar-refractivity contribution in [1.82, 2.24) is 14.5 Å². The largest absolute Gasteiger partial charge is 0.309 e. The molecule has 0 saturated carbocycles. The molecule has 0 fully saturated rings. The average Bonchev–Trinajstić information content (AvgIpc) is 3.72. The maximum Gasteiger partial charge on any atom is 0.0979 e. The van der Waals surface area contributed by atoms with E-state index in [-0.39, 0.29) is 0 Å². The topological polar surface area (TPSA) is 30.7 Å². The van der Waals surface area contributed by atoms with Gasteiger partial charge in [-0.25, -0.2) is 4.98 Å². The lowest BCUT2D eigenvalue weighted by Crippen LogP contribution is -1.93. The first kappa shape index (κ1) is 36.9. The molecule has 2 heterocycles. The zero-order chi connectivity index (χ0) is 42.8. The molecule has 0 spiro atoms. The lowest BCUT2D eigenvalue weighted by molar-refractivity contribution is 1.18. The van der Waals surface area contributed by atoms with E-state index in [0.717, 1.165) is 38.6 Å². The van der Waals surface area contributed by atoms with Gasteiger partial charge in [-0.2, -0.15) is 0 Å². The number of rotatable bonds is 6. The van der Waals surface area contributed by atoms with Crippen LogP contribution in [-0.4, -0.2) is 14.5 Å². The van der Waals surface area contributed by atoms with Crippen molar-refractivity contribution < 1.29 is 0 Å². The first-order chi connectivity index (χ1) is 32.2. The number of hydrogen-bond donors (Lipinski definition) is 0. The molecule has 65 heavy (non-hydrogen) atoms. The number of fused-ring (bicyclic) bond motifs is 10. The summed E-state index contributed by atoms with van der Waals surface area (Å²) in [6.07, 6.45) is 1.92. The summed E-state index contributed by atoms with van der Waals surface area (Å²) in [6.45, 7) is 0. The molecule has 0 aliphatic carbocycles. The van der Waals surface area contributed by atoms with Crippen LogP contribution in [0.4, 0.5) is 0 Å². The van der Waals surface area contributed by atoms with E-state index < -0.39 is 0 Å². The van der Waals surface area contributed by atoms with Gasteiger partial charge >= 0.3 is 0 Å². The Morgan fingerprint density at radius 3 is 1.40 bits per heavy atom. The predicted molar refractivity (Wildman–Crippen MR) is 274 cm³/mol. The fraction of sp³-hybridized carbons (Fsp3) is 0. The summed E-state index contributed by atoms with van der Waals surface area (Å²) in [6, 6.07) is 83.3. The van der Waals surface area contributed by atoms with E-state index >= 15 is 0 Å². The standard InChI is InChI=1S/C62H39N3/c1-2-13-51(14-3-1)65-59-20-9-8-17-54(59)55-34-33-49(38-60(55)65)43-27-23-41(24-28-43)40-21-25-42(26-22-40)45-29-30-48-36-46(31-32-47(48)35-45)44-11-10-12-50(37-44)58-39-63-61-56-18-6-4-15-52(56)53-16-5-7-19-57(53)62(61)64-58/h1-39H. The Morgan fingerprint density at radius 1 is 0.277 bits per heavy atom. The lowest BCUT2D eigenvalue weighted by Gasteiger charge is -2.11. The van der Waals surface area contributed by atoms with Crippen molar-refractivity contribution in [2.45, 2.75) is 0 Å². The van der Waals surface area contributed by atoms with Crippen molar-refractivity contribution in [3.05, 3.63) is 237 Å². The first-order valence-corrected chi connectivity index (χ1v) is 22.2. The summed E-state index contributed by atoms with van der Waals surface area (Å²) in [5, 5.41) is 9.60. The van der Waals surface area contributed by atoms with Crippen LogP contribution < -0.4 is 0 Å². The molecule has 0 radical (unpaired) electrons. The van der Waals surface area contributed by atoms with Crippen LogP contribution in [0.5, 0.6) is 0 Å². The normalized spacial score (nSPS) is 11.7. The minimum absolute atomic E-state index is 0.867. The van der Waals surface area contributed by atoms with E-state index in [1.54, 1.807) is 0 Å². The summed E-state index contributed by atoms with van der Waals surface area (Å²) < 4.78 is 2.38. The van der Waals surface area contributed by atoms with Crippen LogP contribution in [0.15, 0.2) is 237 Å². The third kappa shape index (κ3) is 6.28. The molecule has 0 bridgehead atoms. The Morgan fingerprint density at radius 2 is 0.738 bits per heavy atom. The molecular formula is C62H39N3. The first-order valence-electron chi connectivity index (χ1n) is 22.2. The average molecular weight is 826 g/mol. The summed E-state index contributed by atoms with van der Waals surface area (Å²) in [7, 11) is 0. The summed E-state index contributed by atoms with van der Waals surface area (Å²) in [5.74, 6) is 0. The molecule has 13 aromatic rings. The Labute approximate surface area is 376 Å². The Hall–Kier alpha value is -8.66. The van der Waals surface area contributed by atoms with Crippen LogP contribution in [0.2, 0.25) is 0 Å². The molecule has 0 amide bonds. The SMILES string of the molecule is c1ccc(-n2c3ccccc3c3ccc(-c4ccc(-c5ccc(-c6ccc7cc(-c8cccc(-c9cnc%10c%11ccccc%11c%11ccccc%11c%10n9)c8)ccc7c6)cc5)cc4)cc32)cc1. The second-order valence-corrected chi connectivity index (χ2v) is 17.0. The molecule has 3 nitrogen and oxygen atoms in total. The van der Waals surface area contributed by atoms with Crippen LogP contribution in [0.25, 0.3) is 127 Å². The van der Waals surface area contributed by atoms with Crippen molar-refractivity contribution in [1.29, 1.82) is 0 Å². The van der Waals surface area contributed by atoms with Crippen molar-refractivity contribution in [3.63, 3.8) is 0 Å². The maximum absolute atomic E-state index is 5.25. The lowest BCUT2D eigenvalue weighted by atomic mass is 9.95. The van der Waals surface area contributed by atoms with Gasteiger partial charge in [0.25, 0.3) is 0 Å². The molecule has 11 aromatic carbocycles. The van der Waals surface area contributed by atoms with Gasteiger partial charge in [0.05, 0.1) is 34.0 Å². The van der Waals surface area contributed by atoms with Gasteiger partial charge in [-0.3, -0.25) is 4.98 Å². The zero-order valence-electron chi connectivity index (χ0n) is 35.4. The second kappa shape index (κ2) is 15.0. The van der Waals surface area contributed by atoms with Crippen LogP contribution in [0, 0.1) is 0 Å². The molecule has 3 heteroatoms. The fourth-order valence-electron chi connectivity index (χ4n) is 9.94. The number of nitrogens with zero attached hydrogens (tertiary/aromatic N) is 3. The Kier molecular flexibility index (Phi) is 8.53. The minimum Gasteiger partial charge on any atom is -0.309 e. The Bertz CT molecular complexity index is 3940. The molecule has 302 valence electrons. The third-order valence-corrected chi connectivity index (χ3v) is 13.2. The van der Waals surface area contributed by atoms with E-state index in [2.05, 4.69) is 235 Å². The van der Waals surface area contributed by atoms with E-state index in [4.69, 9.17) is 9.97 Å². The van der Waals surface area contributed by atoms with Crippen LogP contribution in [0.1, 0.15) is 0 Å². The van der Waals surface area contributed by atoms with E-state index in [1.807, 2.05) is 6.20 Å². The fourth-order valence-corrected chi connectivity index (χ4v) is 9.94. The minimum atomic E-state index is 0.867. The van der Waals surface area contributed by atoms with Gasteiger partial charge in [-0.1, -0.05) is 188 Å². The molecule has 2 aromatic heterocycles. The molecule has 0 aliphatic rings. The molecule has 0 unspecified atom stereocenters. The third-order valence-electron chi connectivity index (χ3n) is 13.2. The van der Waals surface area contributed by atoms with E-state index in [0.29, 0.717) is 0 Å². The molecule has 0 saturated heterocycles. The van der Waals surface area contributed by atoms with Gasteiger partial charge in [0.2, 0.25) is 0 Å². The monoisotopic (exact) mass is 825 g/mol. The zero-order valence-corrected chi connectivity index (χ0v) is 35.4. The van der Waals surface area contributed by atoms with Gasteiger partial charge in [0.1, 0.15) is 0 Å². The molecule has 0 atom stereocenters. The molecular weight excluding hydrogens is 787 g/mol. The number of hydrogen-bond acceptors (Lipinski definition) is 2. The smallest absolute Gasteiger partial charge is 0.0979 e. The Balaban J connectivity index is 0.757. The highest BCUT2D eigenvalue weighted by atomic mass is 15.0. The van der Waals surface area contributed by atoms with Gasteiger partial charge in [0, 0.05) is 32.8 Å². The van der Waals surface area contributed by atoms with Crippen molar-refractivity contribution in [2.24, 2.45) is 0 Å². The molecule has 13 rings (SSSR count). The van der Waals surface area contributed by atoms with Crippen LogP contribution in [0.3, 0.4) is 0 Å². The van der Waals surface area contributed by atoms with E-state index in [1.165, 1.54) is 88.0 Å². The van der Waals surface area contributed by atoms with Crippen LogP contribution >= 0.6 is 0 Å². The molecule has 0 aliphatic heterocycles. The highest BCUT2D eigenvalue weighted by Gasteiger charge is 2.15. The number of aromatic nitrogens is 3. The number of benzene rings is 11. The van der Waals surface area contributed by atoms with Gasteiger partial charge in [-0.05, 0) is 109 Å². The highest BCUT2D eigenvalue weighted by molar-refractivity contribution is 6.23. The quantitative estimate of drug-likeness (QED) is 0.156. The van der Waals surface area contributed by atoms with Crippen molar-refractivity contribution >= 4 is 65.2 Å². The van der Waals surface area contributed by atoms with Gasteiger partial charge in [-0.15, -0.1) is 0 Å². The van der Waals surface area contributed by atoms with E-state index in [9.17, 15) is 0 Å². The summed E-state index contributed by atoms with van der Waals surface area (Å²) in [4.78, 5) is 10.3. The van der Waals surface area contributed by atoms with Gasteiger partial charge in [0.15, 0.2) is 0 Å².